The lowest BCUT2D eigenvalue weighted by Crippen LogP contribution is -2.30. The maximum Gasteiger partial charge on any atom is 0.303 e. The van der Waals surface area contributed by atoms with Crippen molar-refractivity contribution in [3.05, 3.63) is 23.8 Å². The zero-order valence-electron chi connectivity index (χ0n) is 12.5. The molecular weight excluding hydrogens is 274 g/mol. The van der Waals surface area contributed by atoms with Gasteiger partial charge in [0.05, 0.1) is 14.2 Å². The van der Waals surface area contributed by atoms with Crippen LogP contribution in [-0.4, -0.2) is 37.7 Å². The Labute approximate surface area is 124 Å². The minimum atomic E-state index is -0.869. The largest absolute Gasteiger partial charge is 0.496 e. The van der Waals surface area contributed by atoms with Gasteiger partial charge in [0.15, 0.2) is 0 Å². The summed E-state index contributed by atoms with van der Waals surface area (Å²) in [4.78, 5) is 23.0. The molecule has 1 rings (SSSR count). The molecule has 2 N–H and O–H groups in total. The van der Waals surface area contributed by atoms with Gasteiger partial charge in [-0.1, -0.05) is 19.4 Å². The molecule has 1 atom stereocenters. The maximum atomic E-state index is 12.3. The van der Waals surface area contributed by atoms with Crippen molar-refractivity contribution in [1.82, 2.24) is 5.32 Å². The van der Waals surface area contributed by atoms with Crippen LogP contribution in [0.15, 0.2) is 18.2 Å². The molecule has 0 radical (unpaired) electrons. The zero-order valence-corrected chi connectivity index (χ0v) is 12.5. The van der Waals surface area contributed by atoms with Gasteiger partial charge in [-0.25, -0.2) is 0 Å². The second kappa shape index (κ2) is 8.14. The molecule has 0 aliphatic rings. The van der Waals surface area contributed by atoms with E-state index >= 15 is 0 Å². The Morgan fingerprint density at radius 3 is 2.24 bits per heavy atom. The maximum absolute atomic E-state index is 12.3. The van der Waals surface area contributed by atoms with Crippen LogP contribution >= 0.6 is 0 Å². The number of benzene rings is 1. The highest BCUT2D eigenvalue weighted by atomic mass is 16.5. The first-order valence-corrected chi connectivity index (χ1v) is 6.74. The Balaban J connectivity index is 2.82. The van der Waals surface area contributed by atoms with Crippen molar-refractivity contribution in [3.8, 4) is 11.5 Å². The predicted molar refractivity (Wildman–Crippen MR) is 77.9 cm³/mol. The number of carbonyl (C=O) groups excluding carboxylic acids is 1. The molecule has 0 heterocycles. The average molecular weight is 295 g/mol. The summed E-state index contributed by atoms with van der Waals surface area (Å²) in [6.07, 6.45) is 0.704. The van der Waals surface area contributed by atoms with Gasteiger partial charge in [-0.2, -0.15) is 0 Å². The first-order chi connectivity index (χ1) is 10.0. The number of hydrogen-bond acceptors (Lipinski definition) is 4. The quantitative estimate of drug-likeness (QED) is 0.765. The summed E-state index contributed by atoms with van der Waals surface area (Å²) < 4.78 is 10.3. The number of carbonyl (C=O) groups is 2. The number of carboxylic acids is 1. The lowest BCUT2D eigenvalue weighted by molar-refractivity contribution is -0.138. The van der Waals surface area contributed by atoms with Gasteiger partial charge in [-0.05, 0) is 18.1 Å². The number of carboxylic acid groups (broad SMARTS) is 1. The number of methoxy groups -OCH3 is 2. The highest BCUT2D eigenvalue weighted by Crippen LogP contribution is 2.28. The minimum Gasteiger partial charge on any atom is -0.496 e. The monoisotopic (exact) mass is 295 g/mol. The molecule has 1 aromatic carbocycles. The molecule has 0 spiro atoms. The van der Waals surface area contributed by atoms with Crippen molar-refractivity contribution in [3.63, 3.8) is 0 Å². The van der Waals surface area contributed by atoms with E-state index in [0.29, 0.717) is 30.0 Å². The second-order valence-electron chi connectivity index (χ2n) is 4.62. The molecule has 1 unspecified atom stereocenters. The standard InChI is InChI=1S/C15H21NO5/c1-4-10(8-13(17)18)9-16-15(19)14-11(20-2)6-5-7-12(14)21-3/h5-7,10H,4,8-9H2,1-3H3,(H,16,19)(H,17,18). The molecule has 0 aliphatic carbocycles. The van der Waals surface area contributed by atoms with Crippen molar-refractivity contribution in [2.75, 3.05) is 20.8 Å². The summed E-state index contributed by atoms with van der Waals surface area (Å²) in [6, 6.07) is 5.08. The van der Waals surface area contributed by atoms with Crippen LogP contribution in [0.25, 0.3) is 0 Å². The summed E-state index contributed by atoms with van der Waals surface area (Å²) in [7, 11) is 2.95. The van der Waals surface area contributed by atoms with E-state index in [2.05, 4.69) is 5.32 Å². The third-order valence-corrected chi connectivity index (χ3v) is 3.25. The van der Waals surface area contributed by atoms with Gasteiger partial charge in [0.25, 0.3) is 5.91 Å². The Bertz CT molecular complexity index is 479. The minimum absolute atomic E-state index is 0.0276. The highest BCUT2D eigenvalue weighted by Gasteiger charge is 2.19. The van der Waals surface area contributed by atoms with Crippen molar-refractivity contribution in [1.29, 1.82) is 0 Å². The molecule has 0 saturated carbocycles. The molecule has 21 heavy (non-hydrogen) atoms. The first-order valence-electron chi connectivity index (χ1n) is 6.74. The molecule has 0 bridgehead atoms. The summed E-state index contributed by atoms with van der Waals surface area (Å²) in [5.74, 6) is -0.484. The number of amides is 1. The fraction of sp³-hybridized carbons (Fsp3) is 0.467. The van der Waals surface area contributed by atoms with Crippen LogP contribution in [0.1, 0.15) is 30.1 Å². The molecule has 6 heteroatoms. The van der Waals surface area contributed by atoms with Crippen LogP contribution < -0.4 is 14.8 Å². The molecule has 0 saturated heterocycles. The Morgan fingerprint density at radius 1 is 1.24 bits per heavy atom. The normalized spacial score (nSPS) is 11.6. The third-order valence-electron chi connectivity index (χ3n) is 3.25. The Hall–Kier alpha value is -2.24. The zero-order chi connectivity index (χ0) is 15.8. The Kier molecular flexibility index (Phi) is 6.52. The van der Waals surface area contributed by atoms with Crippen molar-refractivity contribution < 1.29 is 24.2 Å². The summed E-state index contributed by atoms with van der Waals surface area (Å²) in [5, 5.41) is 11.6. The lowest BCUT2D eigenvalue weighted by atomic mass is 10.0. The number of ether oxygens (including phenoxy) is 2. The molecule has 0 aromatic heterocycles. The molecule has 0 fully saturated rings. The van der Waals surface area contributed by atoms with E-state index in [9.17, 15) is 9.59 Å². The fourth-order valence-corrected chi connectivity index (χ4v) is 2.01. The van der Waals surface area contributed by atoms with Crippen LogP contribution in [0, 0.1) is 5.92 Å². The average Bonchev–Trinajstić information content (AvgIpc) is 2.49. The molecule has 1 aromatic rings. The van der Waals surface area contributed by atoms with Crippen molar-refractivity contribution >= 4 is 11.9 Å². The third kappa shape index (κ3) is 4.66. The van der Waals surface area contributed by atoms with E-state index in [1.165, 1.54) is 14.2 Å². The predicted octanol–water partition coefficient (Wildman–Crippen LogP) is 1.93. The molecule has 1 amide bonds. The first kappa shape index (κ1) is 16.8. The molecule has 0 aliphatic heterocycles. The van der Waals surface area contributed by atoms with Crippen LogP contribution in [0.2, 0.25) is 0 Å². The highest BCUT2D eigenvalue weighted by molar-refractivity contribution is 5.99. The van der Waals surface area contributed by atoms with Gasteiger partial charge in [0.2, 0.25) is 0 Å². The van der Waals surface area contributed by atoms with Crippen LogP contribution in [0.5, 0.6) is 11.5 Å². The van der Waals surface area contributed by atoms with Gasteiger partial charge in [0.1, 0.15) is 17.1 Å². The van der Waals surface area contributed by atoms with E-state index in [-0.39, 0.29) is 18.2 Å². The summed E-state index contributed by atoms with van der Waals surface area (Å²) >= 11 is 0. The fourth-order valence-electron chi connectivity index (χ4n) is 2.01. The van der Waals surface area contributed by atoms with E-state index in [0.717, 1.165) is 0 Å². The number of rotatable bonds is 8. The lowest BCUT2D eigenvalue weighted by Gasteiger charge is -2.16. The number of nitrogens with one attached hydrogen (secondary N) is 1. The number of aliphatic carboxylic acids is 1. The second-order valence-corrected chi connectivity index (χ2v) is 4.62. The van der Waals surface area contributed by atoms with Crippen molar-refractivity contribution in [2.24, 2.45) is 5.92 Å². The van der Waals surface area contributed by atoms with Gasteiger partial charge >= 0.3 is 5.97 Å². The summed E-state index contributed by atoms with van der Waals surface area (Å²) in [6.45, 7) is 2.19. The van der Waals surface area contributed by atoms with E-state index in [1.54, 1.807) is 18.2 Å². The van der Waals surface area contributed by atoms with Gasteiger partial charge in [-0.3, -0.25) is 9.59 Å². The van der Waals surface area contributed by atoms with Gasteiger partial charge in [-0.15, -0.1) is 0 Å². The topological polar surface area (TPSA) is 84.9 Å². The SMILES string of the molecule is CCC(CNC(=O)c1c(OC)cccc1OC)CC(=O)O. The summed E-state index contributed by atoms with van der Waals surface area (Å²) in [5.41, 5.74) is 0.313. The molecule has 116 valence electrons. The Morgan fingerprint density at radius 2 is 1.81 bits per heavy atom. The van der Waals surface area contributed by atoms with E-state index in [4.69, 9.17) is 14.6 Å². The van der Waals surface area contributed by atoms with Crippen LogP contribution in [-0.2, 0) is 4.79 Å². The molecule has 6 nitrogen and oxygen atoms in total. The van der Waals surface area contributed by atoms with E-state index in [1.807, 2.05) is 6.92 Å². The van der Waals surface area contributed by atoms with E-state index < -0.39 is 5.97 Å². The van der Waals surface area contributed by atoms with Crippen LogP contribution in [0.4, 0.5) is 0 Å². The van der Waals surface area contributed by atoms with Gasteiger partial charge in [0, 0.05) is 13.0 Å². The van der Waals surface area contributed by atoms with Gasteiger partial charge < -0.3 is 19.9 Å². The van der Waals surface area contributed by atoms with Crippen molar-refractivity contribution in [2.45, 2.75) is 19.8 Å². The smallest absolute Gasteiger partial charge is 0.303 e. The van der Waals surface area contributed by atoms with Crippen LogP contribution in [0.3, 0.4) is 0 Å². The number of hydrogen-bond donors (Lipinski definition) is 2. The molecular formula is C15H21NO5.